The quantitative estimate of drug-likeness (QED) is 0.168. The fourth-order valence-electron chi connectivity index (χ4n) is 7.15. The van der Waals surface area contributed by atoms with Crippen LogP contribution in [0.5, 0.6) is 0 Å². The molecular weight excluding hydrogens is 683 g/mol. The van der Waals surface area contributed by atoms with Crippen LogP contribution in [0.15, 0.2) is 177 Å². The minimum absolute atomic E-state index is 0.509. The summed E-state index contributed by atoms with van der Waals surface area (Å²) in [7, 11) is 0. The number of nitrogens with zero attached hydrogens (tertiary/aromatic N) is 5. The molecule has 0 amide bonds. The second kappa shape index (κ2) is 12.5. The second-order valence-electron chi connectivity index (χ2n) is 13.3. The van der Waals surface area contributed by atoms with Crippen LogP contribution >= 0.6 is 0 Å². The van der Waals surface area contributed by atoms with E-state index in [0.29, 0.717) is 34.8 Å². The average molecular weight is 710 g/mol. The molecule has 0 radical (unpaired) electrons. The Labute approximate surface area is 313 Å². The highest BCUT2D eigenvalue weighted by Gasteiger charge is 2.20. The average Bonchev–Trinajstić information content (AvgIpc) is 3.99. The molecule has 0 aliphatic carbocycles. The maximum Gasteiger partial charge on any atom is 0.231 e. The molecule has 0 atom stereocenters. The predicted molar refractivity (Wildman–Crippen MR) is 215 cm³/mol. The second-order valence-corrected chi connectivity index (χ2v) is 13.3. The minimum atomic E-state index is 0.509. The Morgan fingerprint density at radius 3 is 1.58 bits per heavy atom. The molecule has 4 heterocycles. The highest BCUT2D eigenvalue weighted by molar-refractivity contribution is 6.12. The lowest BCUT2D eigenvalue weighted by molar-refractivity contribution is 0.615. The lowest BCUT2D eigenvalue weighted by atomic mass is 10.00. The first-order valence-corrected chi connectivity index (χ1v) is 17.9. The molecule has 0 fully saturated rings. The number of furan rings is 1. The first-order valence-electron chi connectivity index (χ1n) is 17.9. The normalized spacial score (nSPS) is 11.6. The first kappa shape index (κ1) is 30.9. The van der Waals surface area contributed by atoms with E-state index in [4.69, 9.17) is 38.2 Å². The van der Waals surface area contributed by atoms with Crippen LogP contribution in [0.25, 0.3) is 112 Å². The summed E-state index contributed by atoms with van der Waals surface area (Å²) in [5.41, 5.74) is 10.6. The van der Waals surface area contributed by atoms with E-state index in [0.717, 1.165) is 77.5 Å². The minimum Gasteiger partial charge on any atom is -0.455 e. The van der Waals surface area contributed by atoms with Gasteiger partial charge in [0, 0.05) is 38.6 Å². The molecule has 8 nitrogen and oxygen atoms in total. The molecule has 0 aliphatic rings. The standard InChI is InChI=1S/C47H27N5O3/c1-3-12-28(13-4-1)43-50-44(29-14-5-2-6-15-29)52-45(51-43)31-24-25-38-40(27-31)54-46(48-38)32-17-9-16-30(26-32)33-18-10-19-34-35-20-11-21-36(42(35)55-41(33)34)47-49-37-22-7-8-23-39(37)53-47/h1-27H. The molecule has 11 rings (SSSR count). The summed E-state index contributed by atoms with van der Waals surface area (Å²) in [6.07, 6.45) is 0. The van der Waals surface area contributed by atoms with Gasteiger partial charge in [-0.2, -0.15) is 0 Å². The Balaban J connectivity index is 0.975. The molecule has 0 spiro atoms. The molecule has 11 aromatic rings. The van der Waals surface area contributed by atoms with Gasteiger partial charge in [-0.1, -0.05) is 115 Å². The first-order chi connectivity index (χ1) is 27.2. The van der Waals surface area contributed by atoms with Crippen molar-refractivity contribution in [1.29, 1.82) is 0 Å². The van der Waals surface area contributed by atoms with Gasteiger partial charge in [0.1, 0.15) is 22.2 Å². The van der Waals surface area contributed by atoms with Gasteiger partial charge in [-0.25, -0.2) is 24.9 Å². The third-order valence-electron chi connectivity index (χ3n) is 9.82. The van der Waals surface area contributed by atoms with Crippen molar-refractivity contribution >= 4 is 44.1 Å². The predicted octanol–water partition coefficient (Wildman–Crippen LogP) is 12.1. The Morgan fingerprint density at radius 1 is 0.309 bits per heavy atom. The molecule has 0 unspecified atom stereocenters. The van der Waals surface area contributed by atoms with Crippen LogP contribution < -0.4 is 0 Å². The highest BCUT2D eigenvalue weighted by atomic mass is 16.4. The number of hydrogen-bond donors (Lipinski definition) is 0. The van der Waals surface area contributed by atoms with Crippen molar-refractivity contribution in [2.75, 3.05) is 0 Å². The largest absolute Gasteiger partial charge is 0.455 e. The van der Waals surface area contributed by atoms with E-state index in [1.165, 1.54) is 0 Å². The van der Waals surface area contributed by atoms with E-state index in [9.17, 15) is 0 Å². The fourth-order valence-corrected chi connectivity index (χ4v) is 7.15. The smallest absolute Gasteiger partial charge is 0.231 e. The lowest BCUT2D eigenvalue weighted by Crippen LogP contribution is -2.00. The molecule has 258 valence electrons. The van der Waals surface area contributed by atoms with Gasteiger partial charge in [0.15, 0.2) is 28.6 Å². The van der Waals surface area contributed by atoms with E-state index >= 15 is 0 Å². The Bertz CT molecular complexity index is 3130. The number of para-hydroxylation sites is 4. The van der Waals surface area contributed by atoms with Crippen LogP contribution in [0.2, 0.25) is 0 Å². The molecule has 55 heavy (non-hydrogen) atoms. The van der Waals surface area contributed by atoms with E-state index < -0.39 is 0 Å². The van der Waals surface area contributed by atoms with Gasteiger partial charge in [-0.15, -0.1) is 0 Å². The van der Waals surface area contributed by atoms with Gasteiger partial charge in [0.05, 0.1) is 5.56 Å². The Kier molecular flexibility index (Phi) is 6.99. The zero-order valence-electron chi connectivity index (χ0n) is 29.0. The van der Waals surface area contributed by atoms with Crippen molar-refractivity contribution in [3.05, 3.63) is 164 Å². The van der Waals surface area contributed by atoms with Gasteiger partial charge in [-0.3, -0.25) is 0 Å². The molecule has 8 heteroatoms. The van der Waals surface area contributed by atoms with Gasteiger partial charge in [0.25, 0.3) is 0 Å². The van der Waals surface area contributed by atoms with Crippen molar-refractivity contribution < 1.29 is 13.3 Å². The van der Waals surface area contributed by atoms with Crippen molar-refractivity contribution in [2.24, 2.45) is 0 Å². The Hall–Kier alpha value is -7.71. The van der Waals surface area contributed by atoms with Crippen LogP contribution in [0.4, 0.5) is 0 Å². The summed E-state index contributed by atoms with van der Waals surface area (Å²) in [5.74, 6) is 2.78. The topological polar surface area (TPSA) is 104 Å². The van der Waals surface area contributed by atoms with Crippen LogP contribution in [-0.2, 0) is 0 Å². The molecule has 0 saturated heterocycles. The van der Waals surface area contributed by atoms with Gasteiger partial charge < -0.3 is 13.3 Å². The van der Waals surface area contributed by atoms with Crippen molar-refractivity contribution in [3.8, 4) is 68.2 Å². The maximum absolute atomic E-state index is 6.69. The monoisotopic (exact) mass is 709 g/mol. The van der Waals surface area contributed by atoms with Crippen LogP contribution in [-0.4, -0.2) is 24.9 Å². The molecule has 7 aromatic carbocycles. The highest BCUT2D eigenvalue weighted by Crippen LogP contribution is 2.41. The molecule has 0 saturated carbocycles. The molecule has 4 aromatic heterocycles. The number of fused-ring (bicyclic) bond motifs is 5. The van der Waals surface area contributed by atoms with E-state index in [1.54, 1.807) is 0 Å². The number of hydrogen-bond acceptors (Lipinski definition) is 8. The van der Waals surface area contributed by atoms with Crippen LogP contribution in [0.1, 0.15) is 0 Å². The lowest BCUT2D eigenvalue weighted by Gasteiger charge is -2.08. The number of aromatic nitrogens is 5. The van der Waals surface area contributed by atoms with E-state index in [-0.39, 0.29) is 0 Å². The fraction of sp³-hybridized carbons (Fsp3) is 0. The van der Waals surface area contributed by atoms with Crippen molar-refractivity contribution in [2.45, 2.75) is 0 Å². The van der Waals surface area contributed by atoms with E-state index in [2.05, 4.69) is 36.4 Å². The number of rotatable bonds is 6. The summed E-state index contributed by atoms with van der Waals surface area (Å²) in [6.45, 7) is 0. The van der Waals surface area contributed by atoms with Crippen LogP contribution in [0, 0.1) is 0 Å². The van der Waals surface area contributed by atoms with Crippen molar-refractivity contribution in [3.63, 3.8) is 0 Å². The zero-order chi connectivity index (χ0) is 36.3. The summed E-state index contributed by atoms with van der Waals surface area (Å²) < 4.78 is 19.3. The van der Waals surface area contributed by atoms with Gasteiger partial charge >= 0.3 is 0 Å². The Morgan fingerprint density at radius 2 is 0.855 bits per heavy atom. The van der Waals surface area contributed by atoms with Crippen molar-refractivity contribution in [1.82, 2.24) is 24.9 Å². The molecular formula is C47H27N5O3. The summed E-state index contributed by atoms with van der Waals surface area (Å²) in [5, 5.41) is 2.00. The maximum atomic E-state index is 6.69. The molecule has 0 bridgehead atoms. The van der Waals surface area contributed by atoms with Crippen LogP contribution in [0.3, 0.4) is 0 Å². The third-order valence-corrected chi connectivity index (χ3v) is 9.82. The summed E-state index contributed by atoms with van der Waals surface area (Å²) in [4.78, 5) is 24.2. The number of oxazole rings is 2. The third kappa shape index (κ3) is 5.35. The molecule has 0 aliphatic heterocycles. The number of benzene rings is 7. The molecule has 0 N–H and O–H groups in total. The van der Waals surface area contributed by atoms with Gasteiger partial charge in [-0.05, 0) is 54.1 Å². The van der Waals surface area contributed by atoms with Gasteiger partial charge in [0.2, 0.25) is 11.8 Å². The summed E-state index contributed by atoms with van der Waals surface area (Å²) >= 11 is 0. The van der Waals surface area contributed by atoms with E-state index in [1.807, 2.05) is 127 Å². The zero-order valence-corrected chi connectivity index (χ0v) is 29.0. The summed E-state index contributed by atoms with van der Waals surface area (Å²) in [6, 6.07) is 53.9. The SMILES string of the molecule is c1ccc(-c2nc(-c3ccccc3)nc(-c3ccc4nc(-c5cccc(-c6cccc7c6oc6c(-c8nc9ccccc9o8)cccc67)c5)oc4c3)n2)cc1.